The van der Waals surface area contributed by atoms with E-state index < -0.39 is 42.6 Å². The van der Waals surface area contributed by atoms with Crippen molar-refractivity contribution in [3.8, 4) is 29.1 Å². The Labute approximate surface area is 707 Å². The number of aldehydes is 2. The average Bonchev–Trinajstić information content (AvgIpc) is 1.71. The molecule has 119 heavy (non-hydrogen) atoms. The van der Waals surface area contributed by atoms with E-state index >= 15 is 0 Å². The predicted molar refractivity (Wildman–Crippen MR) is 443 cm³/mol. The molecule has 23 nitrogen and oxygen atoms in total. The van der Waals surface area contributed by atoms with E-state index in [1.54, 1.807) is 72.8 Å². The van der Waals surface area contributed by atoms with Crippen LogP contribution >= 0.6 is 63.7 Å². The Balaban J connectivity index is 0.000000191. The molecule has 0 radical (unpaired) electrons. The Morgan fingerprint density at radius 1 is 0.429 bits per heavy atom. The van der Waals surface area contributed by atoms with Crippen LogP contribution in [-0.4, -0.2) is 98.4 Å². The fourth-order valence-corrected chi connectivity index (χ4v) is 12.0. The van der Waals surface area contributed by atoms with Crippen molar-refractivity contribution in [2.45, 2.75) is 63.9 Å². The van der Waals surface area contributed by atoms with Crippen molar-refractivity contribution in [3.05, 3.63) is 288 Å². The number of alkyl halides is 8. The van der Waals surface area contributed by atoms with Crippen LogP contribution in [0.1, 0.15) is 118 Å². The minimum Gasteiger partial charge on any atom is -0.507 e. The quantitative estimate of drug-likeness (QED) is 0.0174. The molecule has 5 aromatic heterocycles. The molecular formula is C86H70Br4F6N2O21. The summed E-state index contributed by atoms with van der Waals surface area (Å²) in [4.78, 5) is 75.8. The van der Waals surface area contributed by atoms with Crippen LogP contribution in [0.25, 0.3) is 54.8 Å². The van der Waals surface area contributed by atoms with Gasteiger partial charge in [-0.25, -0.2) is 24.0 Å². The van der Waals surface area contributed by atoms with Crippen molar-refractivity contribution in [2.24, 2.45) is 0 Å². The molecule has 14 rings (SSSR count). The van der Waals surface area contributed by atoms with Gasteiger partial charge in [0.2, 0.25) is 28.8 Å². The molecule has 14 aromatic rings. The Morgan fingerprint density at radius 3 is 1.13 bits per heavy atom. The van der Waals surface area contributed by atoms with Crippen LogP contribution in [0.4, 0.5) is 32.0 Å². The largest absolute Gasteiger partial charge is 0.573 e. The van der Waals surface area contributed by atoms with E-state index in [2.05, 4.69) is 87.4 Å². The predicted octanol–water partition coefficient (Wildman–Crippen LogP) is 22.9. The summed E-state index contributed by atoms with van der Waals surface area (Å²) in [5.41, 5.74) is 17.8. The summed E-state index contributed by atoms with van der Waals surface area (Å²) >= 11 is 12.7. The molecule has 0 spiro atoms. The molecule has 33 heteroatoms. The number of aromatic carboxylic acids is 2. The first-order valence-corrected chi connectivity index (χ1v) is 38.4. The average molecular weight is 1900 g/mol. The zero-order valence-corrected chi connectivity index (χ0v) is 70.0. The van der Waals surface area contributed by atoms with Crippen molar-refractivity contribution in [2.75, 3.05) is 33.7 Å². The lowest BCUT2D eigenvalue weighted by Gasteiger charge is -2.11. The number of hydrogen-bond acceptors (Lipinski definition) is 21. The number of anilines is 1. The van der Waals surface area contributed by atoms with E-state index in [-0.39, 0.29) is 61.6 Å². The summed E-state index contributed by atoms with van der Waals surface area (Å²) in [6.45, 7) is 7.62. The van der Waals surface area contributed by atoms with Crippen LogP contribution in [-0.2, 0) is 37.7 Å². The highest BCUT2D eigenvalue weighted by Crippen LogP contribution is 2.35. The van der Waals surface area contributed by atoms with Crippen LogP contribution in [0, 0.1) is 39.0 Å². The number of ether oxygens (including phenoxy) is 6. The molecular weight excluding hydrogens is 1830 g/mol. The molecule has 0 saturated heterocycles. The van der Waals surface area contributed by atoms with Gasteiger partial charge in [-0.2, -0.15) is 5.26 Å². The number of aromatic hydroxyl groups is 1. The lowest BCUT2D eigenvalue weighted by molar-refractivity contribution is -0.275. The molecule has 0 aliphatic heterocycles. The number of nitrogens with zero attached hydrogens (tertiary/aromatic N) is 1. The molecule has 620 valence electrons. The molecule has 5 N–H and O–H groups in total. The number of carbonyl (C=O) groups is 7. The molecule has 0 saturated carbocycles. The number of furan rings is 5. The topological polar surface area (TPSA) is 351 Å². The molecule has 0 atom stereocenters. The van der Waals surface area contributed by atoms with E-state index in [9.17, 15) is 59.9 Å². The second kappa shape index (κ2) is 44.1. The molecule has 9 aromatic carbocycles. The summed E-state index contributed by atoms with van der Waals surface area (Å²) in [5, 5.41) is 40.7. The monoisotopic (exact) mass is 1900 g/mol. The summed E-state index contributed by atoms with van der Waals surface area (Å²) in [7, 11) is 4.00. The molecule has 0 bridgehead atoms. The highest BCUT2D eigenvalue weighted by Gasteiger charge is 2.33. The third-order valence-corrected chi connectivity index (χ3v) is 18.5. The van der Waals surface area contributed by atoms with Crippen LogP contribution < -0.4 is 19.9 Å². The molecule has 5 heterocycles. The summed E-state index contributed by atoms with van der Waals surface area (Å²) < 4.78 is 125. The minimum absolute atomic E-state index is 0.0133. The van der Waals surface area contributed by atoms with Gasteiger partial charge in [-0.3, -0.25) is 9.59 Å². The lowest BCUT2D eigenvalue weighted by Crippen LogP contribution is -2.17. The van der Waals surface area contributed by atoms with E-state index in [0.29, 0.717) is 81.3 Å². The lowest BCUT2D eigenvalue weighted by atomic mass is 10.0. The third kappa shape index (κ3) is 28.9. The third-order valence-electron chi connectivity index (χ3n) is 16.0. The second-order valence-corrected chi connectivity index (χ2v) is 27.8. The van der Waals surface area contributed by atoms with Gasteiger partial charge in [-0.05, 0) is 232 Å². The second-order valence-electron chi connectivity index (χ2n) is 24.9. The van der Waals surface area contributed by atoms with E-state index in [1.165, 1.54) is 51.7 Å². The molecule has 0 aliphatic carbocycles. The van der Waals surface area contributed by atoms with Crippen LogP contribution in [0.2, 0.25) is 0 Å². The van der Waals surface area contributed by atoms with E-state index in [1.807, 2.05) is 119 Å². The number of benzene rings is 9. The Kier molecular flexibility index (Phi) is 34.6. The van der Waals surface area contributed by atoms with Gasteiger partial charge in [-0.15, -0.1) is 26.3 Å². The number of esters is 3. The number of nitriles is 1. The Bertz CT molecular complexity index is 5860. The normalized spacial score (nSPS) is 10.6. The van der Waals surface area contributed by atoms with Gasteiger partial charge < -0.3 is 71.6 Å². The smallest absolute Gasteiger partial charge is 0.507 e. The molecule has 0 fully saturated rings. The highest BCUT2D eigenvalue weighted by molar-refractivity contribution is 9.11. The van der Waals surface area contributed by atoms with Crippen molar-refractivity contribution in [1.29, 1.82) is 5.26 Å². The van der Waals surface area contributed by atoms with Gasteiger partial charge in [0.05, 0.1) is 41.4 Å². The first-order chi connectivity index (χ1) is 56.5. The summed E-state index contributed by atoms with van der Waals surface area (Å²) in [6.07, 6.45) is -6.87. The zero-order valence-electron chi connectivity index (χ0n) is 63.7. The number of hydrogen-bond donors (Lipinski definition) is 4. The number of carbonyl (C=O) groups excluding carboxylic acids is 5. The maximum absolute atomic E-state index is 12.3. The first-order valence-electron chi connectivity index (χ1n) is 34.5. The number of nitrogens with two attached hydrogens (primary N) is 1. The number of carboxylic acids is 2. The number of nitrogen functional groups attached to an aromatic ring is 1. The molecule has 0 aliphatic rings. The van der Waals surface area contributed by atoms with Crippen molar-refractivity contribution < 1.29 is 126 Å². The first kappa shape index (κ1) is 93.5. The van der Waals surface area contributed by atoms with Crippen molar-refractivity contribution in [3.63, 3.8) is 0 Å². The van der Waals surface area contributed by atoms with Gasteiger partial charge in [0.1, 0.15) is 57.0 Å². The standard InChI is InChI=1S/C18H12BrF3O4.2C11H9BrO3.C11H10O3.C10H9NO2.C10H8O3.C8H8O2.C7H5BrF3NO/c19-13-7-10(4-6-14(13)26-18(20,21)22)1-2-11-3-5-12-9-16(17(23)24)25-15(12)8-11;2*1-14-11(13)10-5-8-3-2-7(6-12)4-9(8)15-10;1-7-3-4-8-6-10(11(12)13-2)14-9(8)5-7;1-8-2-3-9(7-12)10(6-8)13-5-4-11;1-6-2-3-7-5-9(10(11)12)13-8(7)4-6;1-6-2-3-7(5-9)8(10)4-6;8-5-3-4(12)1-2-6(5)13-7(9,10)11/h3-9H,1-2H2,(H,23,24);2*2-5H,6H2,1H3;3-6H,1-2H3;2-3,6-7H,5H2,1H3;2-5H,1H3,(H,11,12);2-5,10H,1H3;1-3H,12H2. The van der Waals surface area contributed by atoms with Crippen LogP contribution in [0.5, 0.6) is 23.0 Å². The van der Waals surface area contributed by atoms with Crippen LogP contribution in [0.3, 0.4) is 0 Å². The number of fused-ring (bicyclic) bond motifs is 5. The van der Waals surface area contributed by atoms with Crippen LogP contribution in [0.15, 0.2) is 225 Å². The highest BCUT2D eigenvalue weighted by atomic mass is 79.9. The zero-order chi connectivity index (χ0) is 87.4. The van der Waals surface area contributed by atoms with Crippen molar-refractivity contribution in [1.82, 2.24) is 0 Å². The fraction of sp³-hybridized carbons (Fsp3) is 0.163. The number of halogens is 10. The maximum atomic E-state index is 12.3. The Morgan fingerprint density at radius 2 is 0.756 bits per heavy atom. The number of rotatable bonds is 16. The van der Waals surface area contributed by atoms with Gasteiger partial charge in [0.15, 0.2) is 19.2 Å². The van der Waals surface area contributed by atoms with Gasteiger partial charge in [-0.1, -0.05) is 111 Å². The van der Waals surface area contributed by atoms with E-state index in [0.717, 1.165) is 82.8 Å². The van der Waals surface area contributed by atoms with Crippen molar-refractivity contribution >= 4 is 167 Å². The molecule has 0 unspecified atom stereocenters. The SMILES string of the molecule is COC(=O)c1cc2ccc(C)cc2o1.COC(=O)c1cc2ccc(CBr)cc2o1.COC(=O)c1cc2ccc(CBr)cc2o1.Cc1ccc(C=O)c(O)c1.Cc1ccc(C=O)c(OCC#N)c1.Cc1ccc2cc(C(=O)O)oc2c1.Nc1ccc(OC(F)(F)F)c(Br)c1.O=C(O)c1cc2ccc(CCc3ccc(OC(F)(F)F)c(Br)c3)cc2o1. The van der Waals surface area contributed by atoms with E-state index in [4.69, 9.17) is 53.1 Å². The summed E-state index contributed by atoms with van der Waals surface area (Å²) in [5.74, 6) is -3.01. The van der Waals surface area contributed by atoms with Gasteiger partial charge >= 0.3 is 42.6 Å². The number of phenols is 1. The Hall–Kier alpha value is -12.6. The number of phenolic OH excluding ortho intramolecular Hbond substituents is 1. The maximum Gasteiger partial charge on any atom is 0.573 e. The molecule has 0 amide bonds. The number of methoxy groups -OCH3 is 3. The van der Waals surface area contributed by atoms with Gasteiger partial charge in [0, 0.05) is 43.3 Å². The number of aryl methyl sites for hydroxylation is 6. The number of carboxylic acid groups (broad SMARTS) is 2. The van der Waals surface area contributed by atoms with Gasteiger partial charge in [0.25, 0.3) is 0 Å². The fourth-order valence-electron chi connectivity index (χ4n) is 10.3. The minimum atomic E-state index is -4.74. The summed E-state index contributed by atoms with van der Waals surface area (Å²) in [6, 6.07) is 56.6.